The zero-order chi connectivity index (χ0) is 24.2. The summed E-state index contributed by atoms with van der Waals surface area (Å²) in [6.45, 7) is 1.71. The van der Waals surface area contributed by atoms with Crippen molar-refractivity contribution in [3.05, 3.63) is 106 Å². The standard InChI is InChI=1S/C27H25FN6O/c1-2-8-24-25(17-28)34(21-9-4-3-5-10-21)27(35)33(24)18-19-13-15-20(16-14-19)22-11-6-7-12-23(22)26-29-31-32-30-26/h3-7,9-16H,2,8,17-18H2,1H3,(H,29,30,31,32). The molecule has 8 heteroatoms. The first-order chi connectivity index (χ1) is 17.2. The highest BCUT2D eigenvalue weighted by atomic mass is 19.1. The minimum atomic E-state index is -0.696. The molecule has 0 radical (unpaired) electrons. The average Bonchev–Trinajstić information content (AvgIpc) is 3.53. The van der Waals surface area contributed by atoms with Gasteiger partial charge in [-0.2, -0.15) is 5.21 Å². The number of nitrogens with one attached hydrogen (secondary N) is 1. The molecule has 0 saturated carbocycles. The van der Waals surface area contributed by atoms with E-state index in [0.717, 1.165) is 34.4 Å². The van der Waals surface area contributed by atoms with Gasteiger partial charge in [-0.05, 0) is 40.5 Å². The lowest BCUT2D eigenvalue weighted by Crippen LogP contribution is -2.25. The monoisotopic (exact) mass is 468 g/mol. The molecule has 5 aromatic rings. The molecule has 0 unspecified atom stereocenters. The molecule has 176 valence electrons. The van der Waals surface area contributed by atoms with Crippen molar-refractivity contribution in [2.45, 2.75) is 33.0 Å². The van der Waals surface area contributed by atoms with Crippen molar-refractivity contribution < 1.29 is 4.39 Å². The normalized spacial score (nSPS) is 11.1. The van der Waals surface area contributed by atoms with Gasteiger partial charge in [-0.3, -0.25) is 9.13 Å². The highest BCUT2D eigenvalue weighted by Gasteiger charge is 2.20. The Labute approximate surface area is 201 Å². The average molecular weight is 469 g/mol. The van der Waals surface area contributed by atoms with E-state index in [9.17, 15) is 9.18 Å². The maximum absolute atomic E-state index is 14.2. The molecule has 0 atom stereocenters. The van der Waals surface area contributed by atoms with Crippen LogP contribution in [0, 0.1) is 0 Å². The molecule has 2 heterocycles. The van der Waals surface area contributed by atoms with Crippen molar-refractivity contribution >= 4 is 0 Å². The molecule has 2 aromatic heterocycles. The number of rotatable bonds is 8. The molecule has 0 amide bonds. The van der Waals surface area contributed by atoms with Gasteiger partial charge < -0.3 is 0 Å². The highest BCUT2D eigenvalue weighted by molar-refractivity contribution is 5.80. The first-order valence-electron chi connectivity index (χ1n) is 11.6. The number of hydrogen-bond donors (Lipinski definition) is 1. The molecule has 0 aliphatic carbocycles. The predicted octanol–water partition coefficient (Wildman–Crippen LogP) is 4.96. The third-order valence-electron chi connectivity index (χ3n) is 6.10. The predicted molar refractivity (Wildman–Crippen MR) is 133 cm³/mol. The molecule has 35 heavy (non-hydrogen) atoms. The maximum Gasteiger partial charge on any atom is 0.333 e. The Bertz CT molecular complexity index is 1470. The van der Waals surface area contributed by atoms with Gasteiger partial charge in [-0.25, -0.2) is 9.18 Å². The molecule has 7 nitrogen and oxygen atoms in total. The largest absolute Gasteiger partial charge is 0.333 e. The van der Waals surface area contributed by atoms with E-state index in [0.29, 0.717) is 30.2 Å². The van der Waals surface area contributed by atoms with Gasteiger partial charge in [0, 0.05) is 11.3 Å². The Hall–Kier alpha value is -4.33. The molecule has 0 bridgehead atoms. The Morgan fingerprint density at radius 1 is 0.886 bits per heavy atom. The molecule has 3 aromatic carbocycles. The summed E-state index contributed by atoms with van der Waals surface area (Å²) >= 11 is 0. The van der Waals surface area contributed by atoms with Gasteiger partial charge in [0.25, 0.3) is 0 Å². The number of benzene rings is 3. The third-order valence-corrected chi connectivity index (χ3v) is 6.10. The first-order valence-corrected chi connectivity index (χ1v) is 11.6. The third kappa shape index (κ3) is 4.30. The number of para-hydroxylation sites is 1. The number of aromatic nitrogens is 6. The zero-order valence-corrected chi connectivity index (χ0v) is 19.4. The van der Waals surface area contributed by atoms with Crippen molar-refractivity contribution in [2.75, 3.05) is 0 Å². The number of H-pyrrole nitrogens is 1. The summed E-state index contributed by atoms with van der Waals surface area (Å²) in [6, 6.07) is 25.1. The fourth-order valence-corrected chi connectivity index (χ4v) is 4.47. The van der Waals surface area contributed by atoms with Crippen LogP contribution in [0.5, 0.6) is 0 Å². The van der Waals surface area contributed by atoms with E-state index in [2.05, 4.69) is 20.6 Å². The Kier molecular flexibility index (Phi) is 6.34. The number of nitrogens with zero attached hydrogens (tertiary/aromatic N) is 5. The smallest absolute Gasteiger partial charge is 0.291 e. The summed E-state index contributed by atoms with van der Waals surface area (Å²) in [5.74, 6) is 0.529. The van der Waals surface area contributed by atoms with Crippen molar-refractivity contribution in [1.29, 1.82) is 0 Å². The van der Waals surface area contributed by atoms with Crippen molar-refractivity contribution in [2.24, 2.45) is 0 Å². The van der Waals surface area contributed by atoms with Crippen LogP contribution in [0.4, 0.5) is 4.39 Å². The van der Waals surface area contributed by atoms with E-state index in [4.69, 9.17) is 0 Å². The van der Waals surface area contributed by atoms with Crippen molar-refractivity contribution in [3.8, 4) is 28.2 Å². The minimum Gasteiger partial charge on any atom is -0.291 e. The van der Waals surface area contributed by atoms with Crippen LogP contribution in [0.1, 0.15) is 30.3 Å². The molecule has 0 aliphatic rings. The van der Waals surface area contributed by atoms with Gasteiger partial charge >= 0.3 is 5.69 Å². The second kappa shape index (κ2) is 9.89. The van der Waals surface area contributed by atoms with Gasteiger partial charge in [0.05, 0.1) is 17.9 Å². The van der Waals surface area contributed by atoms with Crippen LogP contribution < -0.4 is 5.69 Å². The number of hydrogen-bond acceptors (Lipinski definition) is 4. The molecule has 0 spiro atoms. The molecule has 5 rings (SSSR count). The van der Waals surface area contributed by atoms with Crippen molar-refractivity contribution in [1.82, 2.24) is 29.8 Å². The second-order valence-corrected chi connectivity index (χ2v) is 8.29. The molecular weight excluding hydrogens is 443 g/mol. The molecular formula is C27H25FN6O. The van der Waals surface area contributed by atoms with E-state index >= 15 is 0 Å². The first kappa shape index (κ1) is 22.5. The number of aromatic amines is 1. The number of halogens is 1. The Balaban J connectivity index is 1.51. The van der Waals surface area contributed by atoms with Crippen LogP contribution in [0.2, 0.25) is 0 Å². The van der Waals surface area contributed by atoms with Crippen LogP contribution in [-0.4, -0.2) is 29.8 Å². The lowest BCUT2D eigenvalue weighted by molar-refractivity contribution is 0.466. The number of tetrazole rings is 1. The summed E-state index contributed by atoms with van der Waals surface area (Å²) in [7, 11) is 0. The van der Waals surface area contributed by atoms with Crippen molar-refractivity contribution in [3.63, 3.8) is 0 Å². The molecule has 0 aliphatic heterocycles. The summed E-state index contributed by atoms with van der Waals surface area (Å²) in [4.78, 5) is 13.5. The van der Waals surface area contributed by atoms with E-state index in [1.807, 2.05) is 85.8 Å². The summed E-state index contributed by atoms with van der Waals surface area (Å²) in [5, 5.41) is 14.4. The number of alkyl halides is 1. The van der Waals surface area contributed by atoms with Crippen LogP contribution >= 0.6 is 0 Å². The Morgan fingerprint density at radius 2 is 1.60 bits per heavy atom. The van der Waals surface area contributed by atoms with E-state index in [-0.39, 0.29) is 5.69 Å². The van der Waals surface area contributed by atoms with Crippen LogP contribution in [0.15, 0.2) is 83.7 Å². The summed E-state index contributed by atoms with van der Waals surface area (Å²) in [5.41, 5.74) is 5.45. The highest BCUT2D eigenvalue weighted by Crippen LogP contribution is 2.30. The lowest BCUT2D eigenvalue weighted by atomic mass is 9.98. The quantitative estimate of drug-likeness (QED) is 0.349. The van der Waals surface area contributed by atoms with E-state index in [1.165, 1.54) is 4.57 Å². The molecule has 0 saturated heterocycles. The van der Waals surface area contributed by atoms with Gasteiger partial charge in [0.15, 0.2) is 0 Å². The van der Waals surface area contributed by atoms with Gasteiger partial charge in [0.2, 0.25) is 5.82 Å². The van der Waals surface area contributed by atoms with E-state index < -0.39 is 6.67 Å². The van der Waals surface area contributed by atoms with Gasteiger partial charge in [0.1, 0.15) is 6.67 Å². The zero-order valence-electron chi connectivity index (χ0n) is 19.4. The van der Waals surface area contributed by atoms with Crippen LogP contribution in [-0.2, 0) is 19.6 Å². The summed E-state index contributed by atoms with van der Waals surface area (Å²) in [6.07, 6.45) is 1.45. The minimum absolute atomic E-state index is 0.223. The lowest BCUT2D eigenvalue weighted by Gasteiger charge is -2.10. The van der Waals surface area contributed by atoms with Crippen LogP contribution in [0.3, 0.4) is 0 Å². The van der Waals surface area contributed by atoms with Gasteiger partial charge in [-0.15, -0.1) is 10.2 Å². The molecule has 1 N–H and O–H groups in total. The molecule has 0 fully saturated rings. The fourth-order valence-electron chi connectivity index (χ4n) is 4.47. The van der Waals surface area contributed by atoms with Gasteiger partial charge in [-0.1, -0.05) is 80.1 Å². The SMILES string of the molecule is CCCc1c(CF)n(-c2ccccc2)c(=O)n1Cc1ccc(-c2ccccc2-c2nn[nH]n2)cc1. The number of imidazole rings is 1. The summed E-state index contributed by atoms with van der Waals surface area (Å²) < 4.78 is 17.4. The second-order valence-electron chi connectivity index (χ2n) is 8.29. The van der Waals surface area contributed by atoms with Crippen LogP contribution in [0.25, 0.3) is 28.2 Å². The van der Waals surface area contributed by atoms with E-state index in [1.54, 1.807) is 4.57 Å². The Morgan fingerprint density at radius 3 is 2.26 bits per heavy atom. The maximum atomic E-state index is 14.2. The topological polar surface area (TPSA) is 81.4 Å². The fraction of sp³-hybridized carbons (Fsp3) is 0.185.